The maximum atomic E-state index is 12.3. The largest absolute Gasteiger partial charge is 0.493 e. The number of ether oxygens (including phenoxy) is 5. The van der Waals surface area contributed by atoms with Crippen molar-refractivity contribution in [2.24, 2.45) is 5.92 Å². The molecule has 44 heavy (non-hydrogen) atoms. The summed E-state index contributed by atoms with van der Waals surface area (Å²) in [4.78, 5) is 12.3. The van der Waals surface area contributed by atoms with Crippen LogP contribution >= 0.6 is 0 Å². The van der Waals surface area contributed by atoms with Gasteiger partial charge in [0.1, 0.15) is 48.8 Å². The second-order valence-corrected chi connectivity index (χ2v) is 11.7. The summed E-state index contributed by atoms with van der Waals surface area (Å²) in [5.41, 5.74) is 0.742. The number of carbonyl (C=O) groups excluding carboxylic acids is 1. The number of nitrogens with one attached hydrogen (secondary N) is 1. The van der Waals surface area contributed by atoms with Gasteiger partial charge in [-0.15, -0.1) is 0 Å². The molecule has 0 saturated carbocycles. The molecule has 252 valence electrons. The molecule has 2 aliphatic heterocycles. The zero-order valence-corrected chi connectivity index (χ0v) is 25.5. The Kier molecular flexibility index (Phi) is 14.5. The van der Waals surface area contributed by atoms with Crippen molar-refractivity contribution in [3.8, 4) is 11.5 Å². The van der Waals surface area contributed by atoms with Crippen molar-refractivity contribution in [1.82, 2.24) is 5.32 Å². The van der Waals surface area contributed by atoms with E-state index in [2.05, 4.69) is 19.2 Å². The third-order valence-corrected chi connectivity index (χ3v) is 7.86. The van der Waals surface area contributed by atoms with Gasteiger partial charge in [0, 0.05) is 13.0 Å². The highest BCUT2D eigenvalue weighted by Crippen LogP contribution is 2.34. The third-order valence-electron chi connectivity index (χ3n) is 7.86. The molecule has 14 nitrogen and oxygen atoms in total. The third kappa shape index (κ3) is 9.69. The van der Waals surface area contributed by atoms with E-state index in [1.165, 1.54) is 20.0 Å². The van der Waals surface area contributed by atoms with Crippen molar-refractivity contribution < 1.29 is 64.2 Å². The molecule has 10 unspecified atom stereocenters. The molecule has 1 aromatic carbocycles. The van der Waals surface area contributed by atoms with Gasteiger partial charge in [-0.2, -0.15) is 0 Å². The highest BCUT2D eigenvalue weighted by Gasteiger charge is 2.51. The first-order valence-electron chi connectivity index (χ1n) is 15.2. The number of hydrogen-bond donors (Lipinski definition) is 8. The van der Waals surface area contributed by atoms with Gasteiger partial charge in [0.25, 0.3) is 0 Å². The number of aliphatic hydroxyl groups is 7. The topological polar surface area (TPSA) is 217 Å². The van der Waals surface area contributed by atoms with Gasteiger partial charge in [-0.3, -0.25) is 4.79 Å². The van der Waals surface area contributed by atoms with E-state index in [1.807, 2.05) is 0 Å². The molecule has 3 rings (SSSR count). The van der Waals surface area contributed by atoms with Crippen LogP contribution in [0.2, 0.25) is 0 Å². The monoisotopic (exact) mass is 631 g/mol. The fourth-order valence-corrected chi connectivity index (χ4v) is 5.18. The summed E-state index contributed by atoms with van der Waals surface area (Å²) in [7, 11) is 1.41. The SMILES string of the molecule is COc1cc(CNC(=O)CCCCCCC(C)C)ccc1OC1OC(CO)C(OC2OC(CO)C(O)C(O)C2O)C(O)C1O. The molecule has 0 aliphatic carbocycles. The highest BCUT2D eigenvalue weighted by molar-refractivity contribution is 5.75. The molecular formula is C30H49NO13. The lowest BCUT2D eigenvalue weighted by atomic mass is 9.97. The van der Waals surface area contributed by atoms with Crippen LogP contribution in [0.25, 0.3) is 0 Å². The molecule has 0 spiro atoms. The summed E-state index contributed by atoms with van der Waals surface area (Å²) in [6, 6.07) is 4.91. The molecule has 14 heteroatoms. The van der Waals surface area contributed by atoms with E-state index >= 15 is 0 Å². The number of benzene rings is 1. The maximum absolute atomic E-state index is 12.3. The number of hydrogen-bond acceptors (Lipinski definition) is 13. The lowest BCUT2D eigenvalue weighted by Crippen LogP contribution is -2.65. The second kappa shape index (κ2) is 17.5. The number of methoxy groups -OCH3 is 1. The Labute approximate surface area is 257 Å². The quantitative estimate of drug-likeness (QED) is 0.106. The molecule has 2 saturated heterocycles. The fraction of sp³-hybridized carbons (Fsp3) is 0.767. The Hall–Kier alpha value is -2.11. The van der Waals surface area contributed by atoms with Gasteiger partial charge in [-0.05, 0) is 30.0 Å². The van der Waals surface area contributed by atoms with Crippen LogP contribution in [0.15, 0.2) is 18.2 Å². The zero-order chi connectivity index (χ0) is 32.4. The van der Waals surface area contributed by atoms with Crippen LogP contribution in [0, 0.1) is 5.92 Å². The standard InChI is InChI=1S/C30H49NO13/c1-16(2)8-6-4-5-7-9-22(34)31-13-17-10-11-18(19(12-17)40-3)41-29-27(39)25(37)28(21(15-33)43-29)44-30-26(38)24(36)23(35)20(14-32)42-30/h10-12,16,20-21,23-30,32-33,35-39H,4-9,13-15H2,1-3H3,(H,31,34). The molecular weight excluding hydrogens is 582 g/mol. The molecule has 2 aliphatic rings. The summed E-state index contributed by atoms with van der Waals surface area (Å²) in [6.45, 7) is 3.29. The summed E-state index contributed by atoms with van der Waals surface area (Å²) in [5.74, 6) is 1.07. The molecule has 10 atom stereocenters. The predicted molar refractivity (Wildman–Crippen MR) is 154 cm³/mol. The number of unbranched alkanes of at least 4 members (excludes halogenated alkanes) is 3. The average molecular weight is 632 g/mol. The van der Waals surface area contributed by atoms with E-state index < -0.39 is 74.6 Å². The highest BCUT2D eigenvalue weighted by atomic mass is 16.7. The van der Waals surface area contributed by atoms with Gasteiger partial charge < -0.3 is 64.7 Å². The fourth-order valence-electron chi connectivity index (χ4n) is 5.18. The van der Waals surface area contributed by atoms with Crippen molar-refractivity contribution >= 4 is 5.91 Å². The van der Waals surface area contributed by atoms with E-state index in [0.717, 1.165) is 24.8 Å². The van der Waals surface area contributed by atoms with Crippen molar-refractivity contribution in [1.29, 1.82) is 0 Å². The Morgan fingerprint density at radius 2 is 1.50 bits per heavy atom. The average Bonchev–Trinajstić information content (AvgIpc) is 3.01. The number of rotatable bonds is 16. The van der Waals surface area contributed by atoms with Crippen molar-refractivity contribution in [2.75, 3.05) is 20.3 Å². The van der Waals surface area contributed by atoms with Gasteiger partial charge in [-0.1, -0.05) is 45.6 Å². The van der Waals surface area contributed by atoms with Crippen molar-refractivity contribution in [3.63, 3.8) is 0 Å². The molecule has 8 N–H and O–H groups in total. The predicted octanol–water partition coefficient (Wildman–Crippen LogP) is -0.689. The van der Waals surface area contributed by atoms with Crippen molar-refractivity contribution in [3.05, 3.63) is 23.8 Å². The van der Waals surface area contributed by atoms with Gasteiger partial charge in [0.15, 0.2) is 17.8 Å². The molecule has 1 aromatic rings. The minimum atomic E-state index is -1.77. The summed E-state index contributed by atoms with van der Waals surface area (Å²) < 4.78 is 27.8. The Morgan fingerprint density at radius 3 is 2.16 bits per heavy atom. The number of amides is 1. The summed E-state index contributed by atoms with van der Waals surface area (Å²) >= 11 is 0. The molecule has 2 heterocycles. The Balaban J connectivity index is 1.56. The number of carbonyl (C=O) groups is 1. The summed E-state index contributed by atoms with van der Waals surface area (Å²) in [6.07, 6.45) is -9.85. The first-order valence-corrected chi connectivity index (χ1v) is 15.2. The minimum absolute atomic E-state index is 0.0450. The van der Waals surface area contributed by atoms with Gasteiger partial charge in [0.05, 0.1) is 20.3 Å². The van der Waals surface area contributed by atoms with Crippen molar-refractivity contribution in [2.45, 2.75) is 120 Å². The van der Waals surface area contributed by atoms with Crippen LogP contribution in [0.1, 0.15) is 57.9 Å². The Morgan fingerprint density at radius 1 is 0.841 bits per heavy atom. The zero-order valence-electron chi connectivity index (χ0n) is 25.5. The van der Waals surface area contributed by atoms with E-state index in [-0.39, 0.29) is 24.0 Å². The lowest BCUT2D eigenvalue weighted by Gasteiger charge is -2.45. The van der Waals surface area contributed by atoms with E-state index in [0.29, 0.717) is 12.3 Å². The normalized spacial score (nSPS) is 32.4. The smallest absolute Gasteiger partial charge is 0.229 e. The molecule has 0 aromatic heterocycles. The van der Waals surface area contributed by atoms with Gasteiger partial charge >= 0.3 is 0 Å². The van der Waals surface area contributed by atoms with E-state index in [1.54, 1.807) is 18.2 Å². The van der Waals surface area contributed by atoms with E-state index in [4.69, 9.17) is 23.7 Å². The van der Waals surface area contributed by atoms with Gasteiger partial charge in [0.2, 0.25) is 12.2 Å². The Bertz CT molecular complexity index is 1010. The van der Waals surface area contributed by atoms with Gasteiger partial charge in [-0.25, -0.2) is 0 Å². The second-order valence-electron chi connectivity index (χ2n) is 11.7. The molecule has 2 fully saturated rings. The minimum Gasteiger partial charge on any atom is -0.493 e. The van der Waals surface area contributed by atoms with Crippen LogP contribution in [-0.2, 0) is 25.5 Å². The van der Waals surface area contributed by atoms with Crippen LogP contribution in [0.5, 0.6) is 11.5 Å². The van der Waals surface area contributed by atoms with Crippen LogP contribution in [-0.4, -0.2) is 123 Å². The van der Waals surface area contributed by atoms with Crippen LogP contribution < -0.4 is 14.8 Å². The molecule has 1 amide bonds. The van der Waals surface area contributed by atoms with Crippen LogP contribution in [0.4, 0.5) is 0 Å². The first-order chi connectivity index (χ1) is 21.0. The lowest BCUT2D eigenvalue weighted by molar-refractivity contribution is -0.352. The van der Waals surface area contributed by atoms with Crippen LogP contribution in [0.3, 0.4) is 0 Å². The maximum Gasteiger partial charge on any atom is 0.229 e. The van der Waals surface area contributed by atoms with E-state index in [9.17, 15) is 40.5 Å². The summed E-state index contributed by atoms with van der Waals surface area (Å²) in [5, 5.41) is 74.2. The molecule has 0 bridgehead atoms. The first kappa shape index (κ1) is 36.4. The number of aliphatic hydroxyl groups excluding tert-OH is 7. The molecule has 0 radical (unpaired) electrons.